The number of halogens is 1. The maximum Gasteiger partial charge on any atom is 0.150 e. The lowest BCUT2D eigenvalue weighted by Crippen LogP contribution is -1.89. The number of carbonyl (C=O) groups excluding carboxylic acids is 1. The van der Waals surface area contributed by atoms with E-state index < -0.39 is 5.82 Å². The monoisotopic (exact) mass is 176 g/mol. The molecule has 0 aliphatic rings. The first-order valence-corrected chi connectivity index (χ1v) is 3.67. The summed E-state index contributed by atoms with van der Waals surface area (Å²) in [5.41, 5.74) is 0.423. The number of aromatic nitrogens is 2. The number of fused-ring (bicyclic) bond motifs is 1. The van der Waals surface area contributed by atoms with Gasteiger partial charge < -0.3 is 0 Å². The van der Waals surface area contributed by atoms with Crippen molar-refractivity contribution in [3.05, 3.63) is 35.9 Å². The van der Waals surface area contributed by atoms with Crippen molar-refractivity contribution < 1.29 is 9.18 Å². The highest BCUT2D eigenvalue weighted by molar-refractivity contribution is 5.97. The molecule has 0 N–H and O–H groups in total. The van der Waals surface area contributed by atoms with Crippen LogP contribution in [0.4, 0.5) is 4.39 Å². The Balaban J connectivity index is 2.92. The summed E-state index contributed by atoms with van der Waals surface area (Å²) in [6.45, 7) is 0. The zero-order chi connectivity index (χ0) is 9.26. The van der Waals surface area contributed by atoms with E-state index in [4.69, 9.17) is 0 Å². The summed E-state index contributed by atoms with van der Waals surface area (Å²) in [4.78, 5) is 10.6. The molecule has 0 unspecified atom stereocenters. The van der Waals surface area contributed by atoms with Crippen LogP contribution in [-0.2, 0) is 0 Å². The van der Waals surface area contributed by atoms with E-state index in [9.17, 15) is 9.18 Å². The average molecular weight is 176 g/mol. The molecule has 0 aliphatic heterocycles. The Morgan fingerprint density at radius 3 is 2.54 bits per heavy atom. The van der Waals surface area contributed by atoms with E-state index in [0.29, 0.717) is 22.6 Å². The van der Waals surface area contributed by atoms with E-state index in [2.05, 4.69) is 10.2 Å². The van der Waals surface area contributed by atoms with Gasteiger partial charge >= 0.3 is 0 Å². The lowest BCUT2D eigenvalue weighted by Gasteiger charge is -1.99. The number of benzene rings is 1. The van der Waals surface area contributed by atoms with Crippen LogP contribution >= 0.6 is 0 Å². The number of carbonyl (C=O) groups is 1. The quantitative estimate of drug-likeness (QED) is 0.619. The molecule has 1 aromatic carbocycles. The molecular formula is C9H5FN2O. The van der Waals surface area contributed by atoms with E-state index in [1.165, 1.54) is 24.5 Å². The molecule has 0 fully saturated rings. The van der Waals surface area contributed by atoms with Crippen molar-refractivity contribution >= 4 is 17.1 Å². The standard InChI is InChI=1S/C9H5FN2O/c10-9-2-1-6(5-13)7-3-11-12-4-8(7)9/h1-5H. The first-order chi connectivity index (χ1) is 6.33. The SMILES string of the molecule is O=Cc1ccc(F)c2cnncc12. The molecule has 13 heavy (non-hydrogen) atoms. The topological polar surface area (TPSA) is 42.9 Å². The Morgan fingerprint density at radius 1 is 1.15 bits per heavy atom. The molecule has 0 atom stereocenters. The summed E-state index contributed by atoms with van der Waals surface area (Å²) < 4.78 is 13.1. The van der Waals surface area contributed by atoms with Gasteiger partial charge in [0.15, 0.2) is 6.29 Å². The van der Waals surface area contributed by atoms with Crippen LogP contribution in [0.1, 0.15) is 10.4 Å². The molecule has 64 valence electrons. The molecule has 0 spiro atoms. The molecule has 0 aliphatic carbocycles. The number of hydrogen-bond donors (Lipinski definition) is 0. The molecule has 0 amide bonds. The highest BCUT2D eigenvalue weighted by Crippen LogP contribution is 2.18. The molecule has 2 rings (SSSR count). The summed E-state index contributed by atoms with van der Waals surface area (Å²) in [5.74, 6) is -0.393. The van der Waals surface area contributed by atoms with Gasteiger partial charge in [0.25, 0.3) is 0 Å². The van der Waals surface area contributed by atoms with Crippen molar-refractivity contribution in [3.63, 3.8) is 0 Å². The molecule has 0 bridgehead atoms. The maximum absolute atomic E-state index is 13.1. The zero-order valence-electron chi connectivity index (χ0n) is 6.57. The summed E-state index contributed by atoms with van der Waals surface area (Å²) in [5, 5.41) is 7.94. The van der Waals surface area contributed by atoms with Crippen LogP contribution in [0, 0.1) is 5.82 Å². The third-order valence-corrected chi connectivity index (χ3v) is 1.83. The summed E-state index contributed by atoms with van der Waals surface area (Å²) in [6, 6.07) is 2.67. The highest BCUT2D eigenvalue weighted by Gasteiger charge is 2.04. The zero-order valence-corrected chi connectivity index (χ0v) is 6.57. The molecule has 1 aromatic heterocycles. The highest BCUT2D eigenvalue weighted by atomic mass is 19.1. The Hall–Kier alpha value is -1.84. The Kier molecular flexibility index (Phi) is 1.73. The minimum atomic E-state index is -0.393. The van der Waals surface area contributed by atoms with E-state index in [1.807, 2.05) is 0 Å². The second kappa shape index (κ2) is 2.90. The second-order valence-corrected chi connectivity index (χ2v) is 2.57. The van der Waals surface area contributed by atoms with Gasteiger partial charge in [-0.15, -0.1) is 0 Å². The van der Waals surface area contributed by atoms with Crippen molar-refractivity contribution in [2.24, 2.45) is 0 Å². The van der Waals surface area contributed by atoms with Gasteiger partial charge in [-0.3, -0.25) is 4.79 Å². The van der Waals surface area contributed by atoms with Crippen LogP contribution in [0.25, 0.3) is 10.8 Å². The fraction of sp³-hybridized carbons (Fsp3) is 0. The largest absolute Gasteiger partial charge is 0.298 e. The predicted molar refractivity (Wildman–Crippen MR) is 44.9 cm³/mol. The molecule has 0 radical (unpaired) electrons. The van der Waals surface area contributed by atoms with Crippen molar-refractivity contribution in [1.82, 2.24) is 10.2 Å². The predicted octanol–water partition coefficient (Wildman–Crippen LogP) is 1.58. The molecular weight excluding hydrogens is 171 g/mol. The van der Waals surface area contributed by atoms with Gasteiger partial charge in [-0.1, -0.05) is 0 Å². The Labute approximate surface area is 73.2 Å². The molecule has 0 saturated carbocycles. The van der Waals surface area contributed by atoms with E-state index in [-0.39, 0.29) is 0 Å². The second-order valence-electron chi connectivity index (χ2n) is 2.57. The first-order valence-electron chi connectivity index (χ1n) is 3.67. The lowest BCUT2D eigenvalue weighted by molar-refractivity contribution is 0.112. The Morgan fingerprint density at radius 2 is 1.85 bits per heavy atom. The van der Waals surface area contributed by atoms with Gasteiger partial charge in [-0.25, -0.2) is 4.39 Å². The maximum atomic E-state index is 13.1. The fourth-order valence-electron chi connectivity index (χ4n) is 1.19. The molecule has 3 nitrogen and oxygen atoms in total. The van der Waals surface area contributed by atoms with E-state index >= 15 is 0 Å². The summed E-state index contributed by atoms with van der Waals surface area (Å²) in [7, 11) is 0. The third kappa shape index (κ3) is 1.16. The Bertz CT molecular complexity index is 470. The minimum absolute atomic E-state index is 0.319. The van der Waals surface area contributed by atoms with Crippen LogP contribution in [0.5, 0.6) is 0 Å². The van der Waals surface area contributed by atoms with Crippen LogP contribution < -0.4 is 0 Å². The summed E-state index contributed by atoms with van der Waals surface area (Å²) >= 11 is 0. The third-order valence-electron chi connectivity index (χ3n) is 1.83. The van der Waals surface area contributed by atoms with Crippen molar-refractivity contribution in [2.75, 3.05) is 0 Å². The number of aldehydes is 1. The fourth-order valence-corrected chi connectivity index (χ4v) is 1.19. The molecule has 1 heterocycles. The van der Waals surface area contributed by atoms with Crippen molar-refractivity contribution in [2.45, 2.75) is 0 Å². The summed E-state index contributed by atoms with van der Waals surface area (Å²) in [6.07, 6.45) is 3.35. The van der Waals surface area contributed by atoms with Crippen molar-refractivity contribution in [3.8, 4) is 0 Å². The van der Waals surface area contributed by atoms with Gasteiger partial charge in [-0.05, 0) is 12.1 Å². The average Bonchev–Trinajstić information content (AvgIpc) is 2.19. The van der Waals surface area contributed by atoms with E-state index in [1.54, 1.807) is 0 Å². The number of hydrogen-bond acceptors (Lipinski definition) is 3. The molecule has 4 heteroatoms. The van der Waals surface area contributed by atoms with E-state index in [0.717, 1.165) is 0 Å². The first kappa shape index (κ1) is 7.79. The molecule has 0 saturated heterocycles. The minimum Gasteiger partial charge on any atom is -0.298 e. The van der Waals surface area contributed by atoms with Gasteiger partial charge in [0.05, 0.1) is 12.4 Å². The van der Waals surface area contributed by atoms with Crippen LogP contribution in [0.3, 0.4) is 0 Å². The van der Waals surface area contributed by atoms with Gasteiger partial charge in [0.1, 0.15) is 5.82 Å². The number of rotatable bonds is 1. The van der Waals surface area contributed by atoms with Gasteiger partial charge in [0, 0.05) is 16.3 Å². The van der Waals surface area contributed by atoms with Crippen molar-refractivity contribution in [1.29, 1.82) is 0 Å². The number of nitrogens with zero attached hydrogens (tertiary/aromatic N) is 2. The van der Waals surface area contributed by atoms with Gasteiger partial charge in [-0.2, -0.15) is 10.2 Å². The van der Waals surface area contributed by atoms with Crippen LogP contribution in [0.2, 0.25) is 0 Å². The smallest absolute Gasteiger partial charge is 0.150 e. The van der Waals surface area contributed by atoms with Crippen LogP contribution in [0.15, 0.2) is 24.5 Å². The lowest BCUT2D eigenvalue weighted by atomic mass is 10.1. The normalized spacial score (nSPS) is 10.2. The van der Waals surface area contributed by atoms with Gasteiger partial charge in [0.2, 0.25) is 0 Å². The molecule has 2 aromatic rings. The van der Waals surface area contributed by atoms with Crippen LogP contribution in [-0.4, -0.2) is 16.5 Å².